The molecular weight excluding hydrogens is 414 g/mol. The van der Waals surface area contributed by atoms with E-state index in [-0.39, 0.29) is 24.4 Å². The second kappa shape index (κ2) is 8.49. The summed E-state index contributed by atoms with van der Waals surface area (Å²) in [4.78, 5) is 24.9. The van der Waals surface area contributed by atoms with Crippen LogP contribution < -0.4 is 5.32 Å². The zero-order chi connectivity index (χ0) is 19.7. The molecule has 4 nitrogen and oxygen atoms in total. The molecule has 2 aliphatic carbocycles. The van der Waals surface area contributed by atoms with E-state index in [0.29, 0.717) is 26.6 Å². The molecule has 152 valence electrons. The summed E-state index contributed by atoms with van der Waals surface area (Å²) in [6.45, 7) is 1.60. The molecule has 2 unspecified atom stereocenters. The van der Waals surface area contributed by atoms with E-state index in [9.17, 15) is 9.59 Å². The normalized spacial score (nSPS) is 28.1. The third-order valence-corrected chi connectivity index (χ3v) is 10.8. The maximum atomic E-state index is 12.7. The van der Waals surface area contributed by atoms with Crippen molar-refractivity contribution in [3.8, 4) is 0 Å². The first-order valence-electron chi connectivity index (χ1n) is 9.99. The topological polar surface area (TPSA) is 55.4 Å². The van der Waals surface area contributed by atoms with Crippen molar-refractivity contribution in [3.63, 3.8) is 0 Å². The third-order valence-electron chi connectivity index (χ3n) is 6.34. The molecule has 3 aliphatic rings. The number of esters is 1. The van der Waals surface area contributed by atoms with Gasteiger partial charge in [0.05, 0.1) is 10.00 Å². The molecule has 3 fully saturated rings. The summed E-state index contributed by atoms with van der Waals surface area (Å²) in [7, 11) is 0. The minimum absolute atomic E-state index is 0.0663. The van der Waals surface area contributed by atoms with Crippen molar-refractivity contribution in [3.05, 3.63) is 28.8 Å². The first-order chi connectivity index (χ1) is 13.5. The Morgan fingerprint density at radius 2 is 1.89 bits per heavy atom. The number of hydrogen-bond donors (Lipinski definition) is 1. The van der Waals surface area contributed by atoms with Gasteiger partial charge in [-0.1, -0.05) is 24.1 Å². The molecule has 2 bridgehead atoms. The number of rotatable bonds is 4. The smallest absolute Gasteiger partial charge is 0.309 e. The van der Waals surface area contributed by atoms with Crippen LogP contribution in [0.3, 0.4) is 0 Å². The molecule has 7 heteroatoms. The molecule has 0 aromatic heterocycles. The van der Waals surface area contributed by atoms with Crippen LogP contribution in [0.25, 0.3) is 0 Å². The van der Waals surface area contributed by atoms with Gasteiger partial charge in [0.1, 0.15) is 0 Å². The fourth-order valence-electron chi connectivity index (χ4n) is 4.99. The Hall–Kier alpha value is -0.850. The highest BCUT2D eigenvalue weighted by molar-refractivity contribution is 8.21. The summed E-state index contributed by atoms with van der Waals surface area (Å²) in [5.74, 6) is 3.05. The second-order valence-electron chi connectivity index (χ2n) is 7.98. The van der Waals surface area contributed by atoms with Gasteiger partial charge in [0.25, 0.3) is 5.91 Å². The number of thioether (sulfide) groups is 2. The molecule has 2 saturated carbocycles. The fraction of sp³-hybridized carbons (Fsp3) is 0.619. The van der Waals surface area contributed by atoms with Crippen LogP contribution in [-0.2, 0) is 14.3 Å². The summed E-state index contributed by atoms with van der Waals surface area (Å²) in [5, 5.41) is 3.38. The molecule has 4 rings (SSSR count). The zero-order valence-corrected chi connectivity index (χ0v) is 18.4. The summed E-state index contributed by atoms with van der Waals surface area (Å²) < 4.78 is 5.75. The van der Waals surface area contributed by atoms with Crippen LogP contribution >= 0.6 is 35.1 Å². The number of halogens is 1. The standard InChI is InChI=1S/C21H26ClNO3S2/c1-13-17(22)6-3-7-18(13)23-19(24)12-26-20(25)14-10-15-4-2-5-16(11-14)21(15)27-8-9-28-21/h3,6-7,14-16H,2,4-5,8-12H2,1H3,(H,23,24). The van der Waals surface area contributed by atoms with Crippen molar-refractivity contribution in [2.75, 3.05) is 23.4 Å². The molecule has 1 N–H and O–H groups in total. The predicted octanol–water partition coefficient (Wildman–Crippen LogP) is 5.13. The van der Waals surface area contributed by atoms with Crippen molar-refractivity contribution >= 4 is 52.7 Å². The lowest BCUT2D eigenvalue weighted by Crippen LogP contribution is -2.48. The average molecular weight is 440 g/mol. The van der Waals surface area contributed by atoms with Gasteiger partial charge >= 0.3 is 5.97 Å². The van der Waals surface area contributed by atoms with Crippen LogP contribution in [0, 0.1) is 24.7 Å². The molecule has 1 aromatic rings. The molecule has 1 heterocycles. The van der Waals surface area contributed by atoms with Crippen molar-refractivity contribution < 1.29 is 14.3 Å². The number of anilines is 1. The third kappa shape index (κ3) is 3.92. The number of amides is 1. The van der Waals surface area contributed by atoms with Gasteiger partial charge in [0.15, 0.2) is 6.61 Å². The van der Waals surface area contributed by atoms with Crippen LogP contribution in [-0.4, -0.2) is 34.1 Å². The Morgan fingerprint density at radius 1 is 1.21 bits per heavy atom. The van der Waals surface area contributed by atoms with Gasteiger partial charge in [0.2, 0.25) is 0 Å². The quantitative estimate of drug-likeness (QED) is 0.659. The maximum absolute atomic E-state index is 12.7. The zero-order valence-electron chi connectivity index (χ0n) is 16.0. The summed E-state index contributed by atoms with van der Waals surface area (Å²) in [6, 6.07) is 5.35. The number of carbonyl (C=O) groups is 2. The number of carbonyl (C=O) groups excluding carboxylic acids is 2. The van der Waals surface area contributed by atoms with Crippen molar-refractivity contribution in [2.24, 2.45) is 17.8 Å². The van der Waals surface area contributed by atoms with E-state index >= 15 is 0 Å². The van der Waals surface area contributed by atoms with E-state index in [0.717, 1.165) is 18.4 Å². The minimum Gasteiger partial charge on any atom is -0.455 e. The fourth-order valence-corrected chi connectivity index (χ4v) is 9.10. The lowest BCUT2D eigenvalue weighted by molar-refractivity contribution is -0.154. The summed E-state index contributed by atoms with van der Waals surface area (Å²) >= 11 is 10.3. The Kier molecular flexibility index (Phi) is 6.19. The van der Waals surface area contributed by atoms with Crippen LogP contribution in [0.1, 0.15) is 37.7 Å². The van der Waals surface area contributed by atoms with Crippen molar-refractivity contribution in [1.82, 2.24) is 0 Å². The number of benzene rings is 1. The maximum Gasteiger partial charge on any atom is 0.309 e. The van der Waals surface area contributed by atoms with Gasteiger partial charge in [0, 0.05) is 22.2 Å². The van der Waals surface area contributed by atoms with Crippen LogP contribution in [0.2, 0.25) is 5.02 Å². The molecule has 28 heavy (non-hydrogen) atoms. The Balaban J connectivity index is 1.32. The molecule has 1 saturated heterocycles. The van der Waals surface area contributed by atoms with Crippen molar-refractivity contribution in [2.45, 2.75) is 43.1 Å². The molecule has 1 amide bonds. The van der Waals surface area contributed by atoms with Crippen LogP contribution in [0.15, 0.2) is 18.2 Å². The van der Waals surface area contributed by atoms with Crippen molar-refractivity contribution in [1.29, 1.82) is 0 Å². The van der Waals surface area contributed by atoms with Gasteiger partial charge in [-0.25, -0.2) is 0 Å². The first kappa shape index (κ1) is 20.4. The van der Waals surface area contributed by atoms with Gasteiger partial charge < -0.3 is 10.1 Å². The number of hydrogen-bond acceptors (Lipinski definition) is 5. The highest BCUT2D eigenvalue weighted by Crippen LogP contribution is 2.64. The van der Waals surface area contributed by atoms with Gasteiger partial charge in [-0.05, 0) is 62.1 Å². The van der Waals surface area contributed by atoms with Crippen LogP contribution in [0.4, 0.5) is 5.69 Å². The van der Waals surface area contributed by atoms with E-state index in [1.165, 1.54) is 30.8 Å². The molecule has 1 spiro atoms. The molecule has 1 aliphatic heterocycles. The van der Waals surface area contributed by atoms with E-state index in [2.05, 4.69) is 28.8 Å². The monoisotopic (exact) mass is 439 g/mol. The van der Waals surface area contributed by atoms with Gasteiger partial charge in [-0.3, -0.25) is 9.59 Å². The summed E-state index contributed by atoms with van der Waals surface area (Å²) in [5.41, 5.74) is 1.46. The van der Waals surface area contributed by atoms with E-state index in [1.54, 1.807) is 18.2 Å². The second-order valence-corrected chi connectivity index (χ2v) is 11.4. The van der Waals surface area contributed by atoms with Gasteiger partial charge in [-0.15, -0.1) is 23.5 Å². The predicted molar refractivity (Wildman–Crippen MR) is 117 cm³/mol. The first-order valence-corrected chi connectivity index (χ1v) is 12.3. The summed E-state index contributed by atoms with van der Waals surface area (Å²) in [6.07, 6.45) is 5.53. The number of ether oxygens (including phenoxy) is 1. The number of nitrogens with one attached hydrogen (secondary N) is 1. The van der Waals surface area contributed by atoms with E-state index in [1.807, 2.05) is 6.92 Å². The average Bonchev–Trinajstić information content (AvgIpc) is 3.13. The lowest BCUT2D eigenvalue weighted by Gasteiger charge is -2.51. The largest absolute Gasteiger partial charge is 0.455 e. The Bertz CT molecular complexity index is 750. The Morgan fingerprint density at radius 3 is 2.57 bits per heavy atom. The highest BCUT2D eigenvalue weighted by Gasteiger charge is 2.55. The lowest BCUT2D eigenvalue weighted by atomic mass is 9.67. The van der Waals surface area contributed by atoms with E-state index < -0.39 is 0 Å². The highest BCUT2D eigenvalue weighted by atomic mass is 35.5. The minimum atomic E-state index is -0.326. The molecule has 0 radical (unpaired) electrons. The molecular formula is C21H26ClNO3S2. The Labute approximate surface area is 179 Å². The van der Waals surface area contributed by atoms with Gasteiger partial charge in [-0.2, -0.15) is 0 Å². The SMILES string of the molecule is Cc1c(Cl)cccc1NC(=O)COC(=O)C1CC2CCCC(C1)C21SCCS1. The molecule has 1 aromatic carbocycles. The molecule has 2 atom stereocenters. The van der Waals surface area contributed by atoms with Crippen LogP contribution in [0.5, 0.6) is 0 Å². The van der Waals surface area contributed by atoms with E-state index in [4.69, 9.17) is 16.3 Å².